The summed E-state index contributed by atoms with van der Waals surface area (Å²) in [5.74, 6) is -1.54. The molecule has 1 aliphatic rings. The summed E-state index contributed by atoms with van der Waals surface area (Å²) in [7, 11) is 0. The van der Waals surface area contributed by atoms with Crippen molar-refractivity contribution in [3.05, 3.63) is 34.9 Å². The molecule has 0 fully saturated rings. The summed E-state index contributed by atoms with van der Waals surface area (Å²) in [6.07, 6.45) is 0. The van der Waals surface area contributed by atoms with E-state index in [1.165, 1.54) is 6.07 Å². The van der Waals surface area contributed by atoms with Gasteiger partial charge in [0.1, 0.15) is 11.4 Å². The molecule has 0 aliphatic carbocycles. The van der Waals surface area contributed by atoms with Crippen LogP contribution in [0.1, 0.15) is 47.1 Å². The molecule has 1 unspecified atom stereocenters. The fourth-order valence-corrected chi connectivity index (χ4v) is 2.07. The Morgan fingerprint density at radius 1 is 1.16 bits per heavy atom. The molecule has 0 saturated heterocycles. The second kappa shape index (κ2) is 4.52. The number of carbonyl (C=O) groups is 2. The lowest BCUT2D eigenvalue weighted by Gasteiger charge is -2.19. The summed E-state index contributed by atoms with van der Waals surface area (Å²) in [4.78, 5) is 23.7. The summed E-state index contributed by atoms with van der Waals surface area (Å²) in [5.41, 5.74) is 0.984. The van der Waals surface area contributed by atoms with Crippen LogP contribution in [0.3, 0.4) is 0 Å². The summed E-state index contributed by atoms with van der Waals surface area (Å²) in [6.45, 7) is 5.91. The molecule has 19 heavy (non-hydrogen) atoms. The van der Waals surface area contributed by atoms with Gasteiger partial charge >= 0.3 is 0 Å². The number of carbonyl (C=O) groups excluding carboxylic acids is 2. The van der Waals surface area contributed by atoms with Gasteiger partial charge in [0, 0.05) is 0 Å². The van der Waals surface area contributed by atoms with E-state index < -0.39 is 23.2 Å². The third-order valence-electron chi connectivity index (χ3n) is 2.85. The third kappa shape index (κ3) is 2.44. The third-order valence-corrected chi connectivity index (χ3v) is 3.12. The molecule has 1 heterocycles. The average molecular weight is 282 g/mol. The molecule has 1 aliphatic heterocycles. The fourth-order valence-electron chi connectivity index (χ4n) is 1.81. The molecule has 6 nitrogen and oxygen atoms in total. The van der Waals surface area contributed by atoms with Crippen molar-refractivity contribution in [3.8, 4) is 0 Å². The first kappa shape index (κ1) is 13.9. The highest BCUT2D eigenvalue weighted by atomic mass is 32.2. The smallest absolute Gasteiger partial charge is 0.286 e. The SMILES string of the molecule is CC(C)(C)c1ccc2c(c1)C(=O)N(OS(=O)[O-])C2=O. The first-order valence-corrected chi connectivity index (χ1v) is 6.53. The lowest BCUT2D eigenvalue weighted by atomic mass is 9.85. The first-order chi connectivity index (χ1) is 8.71. The molecular formula is C12H12NO5S-. The minimum absolute atomic E-state index is 0.142. The highest BCUT2D eigenvalue weighted by Crippen LogP contribution is 2.29. The van der Waals surface area contributed by atoms with Crippen LogP contribution in [-0.2, 0) is 21.1 Å². The maximum Gasteiger partial charge on any atom is 0.286 e. The highest BCUT2D eigenvalue weighted by molar-refractivity contribution is 7.74. The van der Waals surface area contributed by atoms with Crippen LogP contribution in [0.25, 0.3) is 0 Å². The Kier molecular flexibility index (Phi) is 3.29. The number of imide groups is 1. The predicted molar refractivity (Wildman–Crippen MR) is 65.6 cm³/mol. The van der Waals surface area contributed by atoms with E-state index in [-0.39, 0.29) is 21.6 Å². The van der Waals surface area contributed by atoms with Crippen molar-refractivity contribution >= 4 is 23.2 Å². The van der Waals surface area contributed by atoms with Gasteiger partial charge in [-0.1, -0.05) is 26.8 Å². The number of fused-ring (bicyclic) bond motifs is 1. The van der Waals surface area contributed by atoms with Gasteiger partial charge < -0.3 is 4.55 Å². The van der Waals surface area contributed by atoms with Crippen molar-refractivity contribution in [2.45, 2.75) is 26.2 Å². The number of nitrogens with zero attached hydrogens (tertiary/aromatic N) is 1. The first-order valence-electron chi connectivity index (χ1n) is 5.53. The maximum absolute atomic E-state index is 11.9. The number of amides is 2. The van der Waals surface area contributed by atoms with Crippen molar-refractivity contribution in [3.63, 3.8) is 0 Å². The maximum atomic E-state index is 11.9. The second-order valence-corrected chi connectivity index (χ2v) is 5.75. The van der Waals surface area contributed by atoms with Crippen LogP contribution in [0.5, 0.6) is 0 Å². The van der Waals surface area contributed by atoms with Crippen molar-refractivity contribution in [2.24, 2.45) is 0 Å². The van der Waals surface area contributed by atoms with E-state index in [0.717, 1.165) is 5.56 Å². The number of benzene rings is 1. The van der Waals surface area contributed by atoms with Crippen LogP contribution in [-0.4, -0.2) is 25.6 Å². The van der Waals surface area contributed by atoms with Crippen LogP contribution >= 0.6 is 0 Å². The Labute approximate surface area is 112 Å². The molecule has 0 bridgehead atoms. The highest BCUT2D eigenvalue weighted by Gasteiger charge is 2.38. The van der Waals surface area contributed by atoms with Gasteiger partial charge in [0.2, 0.25) is 0 Å². The number of hydrogen-bond donors (Lipinski definition) is 0. The number of hydrogen-bond acceptors (Lipinski definition) is 5. The molecule has 0 aromatic heterocycles. The molecule has 7 heteroatoms. The van der Waals surface area contributed by atoms with E-state index >= 15 is 0 Å². The van der Waals surface area contributed by atoms with Crippen LogP contribution in [0.15, 0.2) is 18.2 Å². The molecule has 102 valence electrons. The summed E-state index contributed by atoms with van der Waals surface area (Å²) >= 11 is -2.97. The quantitative estimate of drug-likeness (QED) is 0.603. The molecule has 2 amide bonds. The molecule has 2 rings (SSSR count). The standard InChI is InChI=1S/C12H13NO5S/c1-12(2,3)7-4-5-8-9(6-7)11(15)13(10(8)14)18-19(16)17/h4-6H,1-3H3,(H,16,17)/p-1. The normalized spacial score (nSPS) is 16.7. The largest absolute Gasteiger partial charge is 0.748 e. The van der Waals surface area contributed by atoms with Gasteiger partial charge in [-0.05, 0) is 23.1 Å². The molecule has 0 radical (unpaired) electrons. The Morgan fingerprint density at radius 3 is 2.26 bits per heavy atom. The van der Waals surface area contributed by atoms with Gasteiger partial charge in [-0.25, -0.2) is 4.21 Å². The summed E-state index contributed by atoms with van der Waals surface area (Å²) in [6, 6.07) is 4.83. The number of hydroxylamine groups is 2. The van der Waals surface area contributed by atoms with Crippen LogP contribution < -0.4 is 0 Å². The Balaban J connectivity index is 2.45. The Bertz CT molecular complexity index is 590. The summed E-state index contributed by atoms with van der Waals surface area (Å²) in [5, 5.41) is 0.250. The van der Waals surface area contributed by atoms with Crippen LogP contribution in [0.4, 0.5) is 0 Å². The van der Waals surface area contributed by atoms with Gasteiger partial charge in [-0.3, -0.25) is 9.59 Å². The van der Waals surface area contributed by atoms with Crippen LogP contribution in [0, 0.1) is 0 Å². The van der Waals surface area contributed by atoms with E-state index in [2.05, 4.69) is 4.28 Å². The fraction of sp³-hybridized carbons (Fsp3) is 0.333. The molecular weight excluding hydrogens is 270 g/mol. The Hall–Kier alpha value is -1.57. The minimum atomic E-state index is -2.97. The van der Waals surface area contributed by atoms with Crippen LogP contribution in [0.2, 0.25) is 0 Å². The monoisotopic (exact) mass is 282 g/mol. The zero-order chi connectivity index (χ0) is 14.4. The van der Waals surface area contributed by atoms with E-state index in [1.54, 1.807) is 12.1 Å². The van der Waals surface area contributed by atoms with E-state index in [9.17, 15) is 18.4 Å². The van der Waals surface area contributed by atoms with Gasteiger partial charge in [0.15, 0.2) is 0 Å². The van der Waals surface area contributed by atoms with Gasteiger partial charge in [-0.15, -0.1) is 5.06 Å². The molecule has 1 atom stereocenters. The second-order valence-electron chi connectivity index (χ2n) is 5.19. The molecule has 1 aromatic rings. The lowest BCUT2D eigenvalue weighted by molar-refractivity contribution is -0.0118. The zero-order valence-corrected chi connectivity index (χ0v) is 11.4. The molecule has 0 N–H and O–H groups in total. The van der Waals surface area contributed by atoms with Crippen molar-refractivity contribution in [1.82, 2.24) is 5.06 Å². The number of rotatable bonds is 2. The summed E-state index contributed by atoms with van der Waals surface area (Å²) < 4.78 is 25.1. The average Bonchev–Trinajstić information content (AvgIpc) is 2.53. The zero-order valence-electron chi connectivity index (χ0n) is 10.6. The molecule has 1 aromatic carbocycles. The van der Waals surface area contributed by atoms with Crippen molar-refractivity contribution in [2.75, 3.05) is 0 Å². The van der Waals surface area contributed by atoms with E-state index in [1.807, 2.05) is 20.8 Å². The van der Waals surface area contributed by atoms with Gasteiger partial charge in [0.25, 0.3) is 11.8 Å². The Morgan fingerprint density at radius 2 is 1.74 bits per heavy atom. The van der Waals surface area contributed by atoms with Crippen molar-refractivity contribution < 1.29 is 22.6 Å². The van der Waals surface area contributed by atoms with Gasteiger partial charge in [0.05, 0.1) is 11.1 Å². The predicted octanol–water partition coefficient (Wildman–Crippen LogP) is 1.31. The molecule has 0 spiro atoms. The molecule has 0 saturated carbocycles. The lowest BCUT2D eigenvalue weighted by Crippen LogP contribution is -2.30. The van der Waals surface area contributed by atoms with Gasteiger partial charge in [-0.2, -0.15) is 4.28 Å². The topological polar surface area (TPSA) is 86.7 Å². The van der Waals surface area contributed by atoms with Crippen molar-refractivity contribution in [1.29, 1.82) is 0 Å². The van der Waals surface area contributed by atoms with E-state index in [0.29, 0.717) is 0 Å². The minimum Gasteiger partial charge on any atom is -0.748 e. The van der Waals surface area contributed by atoms with E-state index in [4.69, 9.17) is 0 Å².